The summed E-state index contributed by atoms with van der Waals surface area (Å²) in [5, 5.41) is 1.13. The molecule has 88 valence electrons. The number of nitrogens with zero attached hydrogens (tertiary/aromatic N) is 1. The maximum atomic E-state index is 13.5. The summed E-state index contributed by atoms with van der Waals surface area (Å²) in [6.07, 6.45) is 1.99. The number of carbonyl (C=O) groups excluding carboxylic acids is 1. The molecule has 1 aromatic heterocycles. The monoisotopic (exact) mass is 247 g/mol. The van der Waals surface area contributed by atoms with Crippen molar-refractivity contribution in [1.29, 1.82) is 0 Å². The predicted molar refractivity (Wildman–Crippen MR) is 54.6 cm³/mol. The molecular weight excluding hydrogens is 236 g/mol. The molecule has 0 N–H and O–H groups in total. The Hall–Kier alpha value is -1.04. The first-order chi connectivity index (χ1) is 7.55. The lowest BCUT2D eigenvalue weighted by atomic mass is 10.3. The smallest absolute Gasteiger partial charge is 0.393 e. The van der Waals surface area contributed by atoms with Crippen molar-refractivity contribution < 1.29 is 18.3 Å². The fraction of sp³-hybridized carbons (Fsp3) is 0.600. The summed E-state index contributed by atoms with van der Waals surface area (Å²) in [5.41, 5.74) is 0.670. The van der Waals surface area contributed by atoms with E-state index in [0.29, 0.717) is 11.6 Å². The van der Waals surface area contributed by atoms with Gasteiger partial charge in [-0.25, -0.2) is 9.78 Å². The van der Waals surface area contributed by atoms with Crippen LogP contribution in [0.25, 0.3) is 0 Å². The van der Waals surface area contributed by atoms with Gasteiger partial charge in [0.25, 0.3) is 0 Å². The number of esters is 1. The fourth-order valence-electron chi connectivity index (χ4n) is 1.31. The van der Waals surface area contributed by atoms with Crippen molar-refractivity contribution in [2.45, 2.75) is 31.6 Å². The van der Waals surface area contributed by atoms with Crippen LogP contribution in [-0.2, 0) is 15.5 Å². The molecular formula is C10H11F2NO2S. The maximum absolute atomic E-state index is 13.5. The molecule has 0 amide bonds. The second-order valence-corrected chi connectivity index (χ2v) is 4.50. The number of ether oxygens (including phenoxy) is 1. The number of hydrogen-bond acceptors (Lipinski definition) is 4. The molecule has 1 aromatic rings. The number of halogens is 2. The van der Waals surface area contributed by atoms with E-state index in [-0.39, 0.29) is 6.61 Å². The normalized spacial score (nSPS) is 16.2. The number of carbonyl (C=O) groups is 1. The quantitative estimate of drug-likeness (QED) is 0.768. The first-order valence-corrected chi connectivity index (χ1v) is 5.94. The van der Waals surface area contributed by atoms with Crippen molar-refractivity contribution in [2.75, 3.05) is 6.61 Å². The van der Waals surface area contributed by atoms with Crippen LogP contribution in [0.5, 0.6) is 0 Å². The topological polar surface area (TPSA) is 39.2 Å². The van der Waals surface area contributed by atoms with Crippen LogP contribution in [-0.4, -0.2) is 17.6 Å². The molecule has 0 spiro atoms. The minimum atomic E-state index is -3.62. The highest BCUT2D eigenvalue weighted by atomic mass is 32.1. The van der Waals surface area contributed by atoms with Crippen molar-refractivity contribution >= 4 is 17.3 Å². The zero-order chi connectivity index (χ0) is 11.8. The third-order valence-corrected chi connectivity index (χ3v) is 3.25. The molecule has 3 nitrogen and oxygen atoms in total. The summed E-state index contributed by atoms with van der Waals surface area (Å²) in [5.74, 6) is -4.83. The van der Waals surface area contributed by atoms with Gasteiger partial charge in [0.2, 0.25) is 0 Å². The van der Waals surface area contributed by atoms with Crippen LogP contribution < -0.4 is 0 Å². The van der Waals surface area contributed by atoms with Gasteiger partial charge < -0.3 is 4.74 Å². The van der Waals surface area contributed by atoms with Gasteiger partial charge in [0.15, 0.2) is 5.01 Å². The van der Waals surface area contributed by atoms with Crippen molar-refractivity contribution in [3.8, 4) is 0 Å². The summed E-state index contributed by atoms with van der Waals surface area (Å²) in [6.45, 7) is 1.43. The molecule has 0 unspecified atom stereocenters. The highest BCUT2D eigenvalue weighted by Crippen LogP contribution is 2.42. The van der Waals surface area contributed by atoms with Gasteiger partial charge in [-0.2, -0.15) is 8.78 Å². The van der Waals surface area contributed by atoms with Crippen LogP contribution >= 0.6 is 11.3 Å². The molecule has 6 heteroatoms. The van der Waals surface area contributed by atoms with Crippen LogP contribution in [0, 0.1) is 0 Å². The van der Waals surface area contributed by atoms with E-state index >= 15 is 0 Å². The Balaban J connectivity index is 2.16. The maximum Gasteiger partial charge on any atom is 0.393 e. The predicted octanol–water partition coefficient (Wildman–Crippen LogP) is 2.68. The average Bonchev–Trinajstić information content (AvgIpc) is 2.96. The van der Waals surface area contributed by atoms with Gasteiger partial charge >= 0.3 is 11.9 Å². The van der Waals surface area contributed by atoms with Crippen molar-refractivity contribution in [3.05, 3.63) is 16.1 Å². The minimum absolute atomic E-state index is 0.0602. The standard InChI is InChI=1S/C10H11F2NO2S/c1-2-15-9(14)10(11,12)8-13-7(5-16-8)6-3-4-6/h5-6H,2-4H2,1H3. The Morgan fingerprint density at radius 1 is 1.69 bits per heavy atom. The van der Waals surface area contributed by atoms with Gasteiger partial charge in [-0.3, -0.25) is 0 Å². The summed E-state index contributed by atoms with van der Waals surface area (Å²) in [4.78, 5) is 14.9. The largest absolute Gasteiger partial charge is 0.461 e. The Kier molecular flexibility index (Phi) is 2.92. The Morgan fingerprint density at radius 2 is 2.38 bits per heavy atom. The van der Waals surface area contributed by atoms with Gasteiger partial charge in [0, 0.05) is 11.3 Å². The molecule has 0 saturated heterocycles. The zero-order valence-corrected chi connectivity index (χ0v) is 9.52. The number of aromatic nitrogens is 1. The number of thiazole rings is 1. The number of rotatable bonds is 4. The first-order valence-electron chi connectivity index (χ1n) is 5.06. The lowest BCUT2D eigenvalue weighted by Gasteiger charge is -2.11. The molecule has 1 heterocycles. The summed E-state index contributed by atoms with van der Waals surface area (Å²) in [7, 11) is 0. The van der Waals surface area contributed by atoms with Crippen LogP contribution in [0.2, 0.25) is 0 Å². The molecule has 0 aliphatic heterocycles. The zero-order valence-electron chi connectivity index (χ0n) is 8.70. The molecule has 1 saturated carbocycles. The molecule has 1 aliphatic rings. The van der Waals surface area contributed by atoms with E-state index in [1.807, 2.05) is 0 Å². The molecule has 0 aromatic carbocycles. The summed E-state index contributed by atoms with van der Waals surface area (Å²) < 4.78 is 31.3. The molecule has 0 atom stereocenters. The van der Waals surface area contributed by atoms with E-state index < -0.39 is 16.9 Å². The third kappa shape index (κ3) is 2.07. The third-order valence-electron chi connectivity index (χ3n) is 2.32. The SMILES string of the molecule is CCOC(=O)C(F)(F)c1nc(C2CC2)cs1. The van der Waals surface area contributed by atoms with E-state index in [1.165, 1.54) is 6.92 Å². The van der Waals surface area contributed by atoms with Crippen LogP contribution in [0.15, 0.2) is 5.38 Å². The number of hydrogen-bond donors (Lipinski definition) is 0. The second kappa shape index (κ2) is 4.08. The van der Waals surface area contributed by atoms with Crippen LogP contribution in [0.1, 0.15) is 36.4 Å². The second-order valence-electron chi connectivity index (χ2n) is 3.65. The van der Waals surface area contributed by atoms with E-state index in [2.05, 4.69) is 9.72 Å². The van der Waals surface area contributed by atoms with Gasteiger partial charge in [-0.05, 0) is 19.8 Å². The Labute approximate surface area is 95.4 Å². The van der Waals surface area contributed by atoms with E-state index in [4.69, 9.17) is 0 Å². The Bertz CT molecular complexity index is 401. The van der Waals surface area contributed by atoms with E-state index in [9.17, 15) is 13.6 Å². The van der Waals surface area contributed by atoms with Gasteiger partial charge in [-0.15, -0.1) is 11.3 Å². The molecule has 2 rings (SSSR count). The van der Waals surface area contributed by atoms with Gasteiger partial charge in [-0.1, -0.05) is 0 Å². The fourth-order valence-corrected chi connectivity index (χ4v) is 2.17. The lowest BCUT2D eigenvalue weighted by molar-refractivity contribution is -0.173. The molecule has 0 radical (unpaired) electrons. The Morgan fingerprint density at radius 3 is 2.94 bits per heavy atom. The molecule has 1 fully saturated rings. The molecule has 1 aliphatic carbocycles. The first kappa shape index (κ1) is 11.4. The molecule has 16 heavy (non-hydrogen) atoms. The lowest BCUT2D eigenvalue weighted by Crippen LogP contribution is -2.28. The molecule has 0 bridgehead atoms. The van der Waals surface area contributed by atoms with Crippen LogP contribution in [0.4, 0.5) is 8.78 Å². The van der Waals surface area contributed by atoms with E-state index in [1.54, 1.807) is 5.38 Å². The summed E-state index contributed by atoms with van der Waals surface area (Å²) in [6, 6.07) is 0. The van der Waals surface area contributed by atoms with Crippen LogP contribution in [0.3, 0.4) is 0 Å². The van der Waals surface area contributed by atoms with Gasteiger partial charge in [0.1, 0.15) is 0 Å². The highest BCUT2D eigenvalue weighted by molar-refractivity contribution is 7.10. The van der Waals surface area contributed by atoms with Crippen molar-refractivity contribution in [2.24, 2.45) is 0 Å². The van der Waals surface area contributed by atoms with Gasteiger partial charge in [0.05, 0.1) is 12.3 Å². The highest BCUT2D eigenvalue weighted by Gasteiger charge is 2.46. The van der Waals surface area contributed by atoms with Crippen molar-refractivity contribution in [3.63, 3.8) is 0 Å². The number of alkyl halides is 2. The average molecular weight is 247 g/mol. The van der Waals surface area contributed by atoms with E-state index in [0.717, 1.165) is 24.2 Å². The summed E-state index contributed by atoms with van der Waals surface area (Å²) >= 11 is 0.817. The van der Waals surface area contributed by atoms with Crippen molar-refractivity contribution in [1.82, 2.24) is 4.98 Å². The minimum Gasteiger partial charge on any atom is -0.461 e.